The van der Waals surface area contributed by atoms with Crippen molar-refractivity contribution in [3.05, 3.63) is 46.6 Å². The SMILES string of the molecule is Cc1noc(C)c1Cn1c(CCCl)nc2cccc(C)c21. The molecule has 0 aliphatic heterocycles. The van der Waals surface area contributed by atoms with E-state index in [0.717, 1.165) is 46.8 Å². The summed E-state index contributed by atoms with van der Waals surface area (Å²) < 4.78 is 7.51. The van der Waals surface area contributed by atoms with Gasteiger partial charge in [-0.2, -0.15) is 0 Å². The van der Waals surface area contributed by atoms with Gasteiger partial charge in [0.1, 0.15) is 11.6 Å². The first kappa shape index (κ1) is 14.1. The van der Waals surface area contributed by atoms with E-state index in [1.807, 2.05) is 26.0 Å². The van der Waals surface area contributed by atoms with Crippen LogP contribution in [0.1, 0.15) is 28.4 Å². The number of para-hydroxylation sites is 1. The molecule has 0 fully saturated rings. The van der Waals surface area contributed by atoms with Crippen molar-refractivity contribution in [1.29, 1.82) is 0 Å². The summed E-state index contributed by atoms with van der Waals surface area (Å²) in [6.07, 6.45) is 0.749. The van der Waals surface area contributed by atoms with Crippen LogP contribution in [0, 0.1) is 20.8 Å². The fraction of sp³-hybridized carbons (Fsp3) is 0.375. The Labute approximate surface area is 128 Å². The smallest absolute Gasteiger partial charge is 0.138 e. The van der Waals surface area contributed by atoms with Gasteiger partial charge in [0.05, 0.1) is 23.3 Å². The lowest BCUT2D eigenvalue weighted by Crippen LogP contribution is -2.07. The Morgan fingerprint density at radius 3 is 2.71 bits per heavy atom. The highest BCUT2D eigenvalue weighted by Crippen LogP contribution is 2.24. The topological polar surface area (TPSA) is 43.9 Å². The van der Waals surface area contributed by atoms with E-state index < -0.39 is 0 Å². The Morgan fingerprint density at radius 1 is 1.24 bits per heavy atom. The first-order valence-corrected chi connectivity index (χ1v) is 7.57. The van der Waals surface area contributed by atoms with Gasteiger partial charge in [0.25, 0.3) is 0 Å². The number of hydrogen-bond donors (Lipinski definition) is 0. The van der Waals surface area contributed by atoms with Crippen molar-refractivity contribution in [3.8, 4) is 0 Å². The number of aryl methyl sites for hydroxylation is 4. The first-order valence-electron chi connectivity index (χ1n) is 7.04. The number of benzene rings is 1. The van der Waals surface area contributed by atoms with E-state index in [9.17, 15) is 0 Å². The molecular formula is C16H18ClN3O. The zero-order valence-corrected chi connectivity index (χ0v) is 13.2. The Morgan fingerprint density at radius 2 is 2.05 bits per heavy atom. The second-order valence-electron chi connectivity index (χ2n) is 5.30. The maximum atomic E-state index is 5.94. The average molecular weight is 304 g/mol. The molecule has 0 aliphatic carbocycles. The minimum atomic E-state index is 0.559. The molecule has 0 spiro atoms. The van der Waals surface area contributed by atoms with Gasteiger partial charge in [-0.25, -0.2) is 4.98 Å². The van der Waals surface area contributed by atoms with Crippen LogP contribution in [0.3, 0.4) is 0 Å². The average Bonchev–Trinajstić information content (AvgIpc) is 2.96. The number of rotatable bonds is 4. The van der Waals surface area contributed by atoms with Crippen LogP contribution >= 0.6 is 11.6 Å². The molecule has 0 unspecified atom stereocenters. The molecule has 0 saturated heterocycles. The van der Waals surface area contributed by atoms with E-state index >= 15 is 0 Å². The summed E-state index contributed by atoms with van der Waals surface area (Å²) in [6.45, 7) is 6.74. The second kappa shape index (κ2) is 5.53. The number of aromatic nitrogens is 3. The molecule has 0 atom stereocenters. The van der Waals surface area contributed by atoms with Gasteiger partial charge in [-0.3, -0.25) is 0 Å². The zero-order valence-electron chi connectivity index (χ0n) is 12.5. The van der Waals surface area contributed by atoms with Crippen LogP contribution in [0.15, 0.2) is 22.7 Å². The third-order valence-electron chi connectivity index (χ3n) is 3.86. The number of imidazole rings is 1. The van der Waals surface area contributed by atoms with Crippen LogP contribution in [0.2, 0.25) is 0 Å². The molecule has 5 heteroatoms. The van der Waals surface area contributed by atoms with Crippen LogP contribution in [-0.4, -0.2) is 20.6 Å². The summed E-state index contributed by atoms with van der Waals surface area (Å²) in [5.41, 5.74) is 5.44. The maximum Gasteiger partial charge on any atom is 0.138 e. The summed E-state index contributed by atoms with van der Waals surface area (Å²) in [7, 11) is 0. The van der Waals surface area contributed by atoms with E-state index in [-0.39, 0.29) is 0 Å². The van der Waals surface area contributed by atoms with Crippen LogP contribution < -0.4 is 0 Å². The molecule has 0 radical (unpaired) electrons. The molecule has 2 heterocycles. The molecule has 0 N–H and O–H groups in total. The summed E-state index contributed by atoms with van der Waals surface area (Å²) in [6, 6.07) is 6.19. The Kier molecular flexibility index (Phi) is 3.72. The molecule has 0 amide bonds. The highest BCUT2D eigenvalue weighted by atomic mass is 35.5. The van der Waals surface area contributed by atoms with Gasteiger partial charge < -0.3 is 9.09 Å². The summed E-state index contributed by atoms with van der Waals surface area (Å²) in [5.74, 6) is 2.43. The highest BCUT2D eigenvalue weighted by Gasteiger charge is 2.16. The van der Waals surface area contributed by atoms with Crippen LogP contribution in [-0.2, 0) is 13.0 Å². The number of alkyl halides is 1. The van der Waals surface area contributed by atoms with Gasteiger partial charge in [0, 0.05) is 17.9 Å². The molecular weight excluding hydrogens is 286 g/mol. The molecule has 0 saturated carbocycles. The maximum absolute atomic E-state index is 5.94. The molecule has 4 nitrogen and oxygen atoms in total. The Balaban J connectivity index is 2.17. The third-order valence-corrected chi connectivity index (χ3v) is 4.05. The first-order chi connectivity index (χ1) is 10.1. The zero-order chi connectivity index (χ0) is 15.0. The molecule has 1 aromatic carbocycles. The summed E-state index contributed by atoms with van der Waals surface area (Å²) >= 11 is 5.94. The normalized spacial score (nSPS) is 11.4. The molecule has 0 aliphatic rings. The molecule has 0 bridgehead atoms. The number of nitrogens with zero attached hydrogens (tertiary/aromatic N) is 3. The molecule has 2 aromatic heterocycles. The summed E-state index contributed by atoms with van der Waals surface area (Å²) in [5, 5.41) is 4.04. The van der Waals surface area contributed by atoms with Crippen molar-refractivity contribution >= 4 is 22.6 Å². The van der Waals surface area contributed by atoms with Gasteiger partial charge in [-0.15, -0.1) is 11.6 Å². The monoisotopic (exact) mass is 303 g/mol. The van der Waals surface area contributed by atoms with Crippen molar-refractivity contribution in [2.24, 2.45) is 0 Å². The summed E-state index contributed by atoms with van der Waals surface area (Å²) in [4.78, 5) is 4.73. The van der Waals surface area contributed by atoms with E-state index in [0.29, 0.717) is 5.88 Å². The highest BCUT2D eigenvalue weighted by molar-refractivity contribution is 6.17. The van der Waals surface area contributed by atoms with Gasteiger partial charge in [-0.1, -0.05) is 17.3 Å². The lowest BCUT2D eigenvalue weighted by molar-refractivity contribution is 0.392. The minimum Gasteiger partial charge on any atom is -0.361 e. The van der Waals surface area contributed by atoms with E-state index in [2.05, 4.69) is 22.7 Å². The Bertz CT molecular complexity index is 769. The number of halogens is 1. The molecule has 3 rings (SSSR count). The molecule has 21 heavy (non-hydrogen) atoms. The van der Waals surface area contributed by atoms with E-state index in [1.54, 1.807) is 0 Å². The Hall–Kier alpha value is -1.81. The van der Waals surface area contributed by atoms with Crippen LogP contribution in [0.25, 0.3) is 11.0 Å². The second-order valence-corrected chi connectivity index (χ2v) is 5.68. The van der Waals surface area contributed by atoms with Gasteiger partial charge in [-0.05, 0) is 32.4 Å². The number of fused-ring (bicyclic) bond motifs is 1. The quantitative estimate of drug-likeness (QED) is 0.689. The predicted molar refractivity (Wildman–Crippen MR) is 84.0 cm³/mol. The van der Waals surface area contributed by atoms with Crippen LogP contribution in [0.4, 0.5) is 0 Å². The lowest BCUT2D eigenvalue weighted by Gasteiger charge is -2.09. The number of hydrogen-bond acceptors (Lipinski definition) is 3. The largest absolute Gasteiger partial charge is 0.361 e. The van der Waals surface area contributed by atoms with Crippen molar-refractivity contribution in [2.45, 2.75) is 33.7 Å². The van der Waals surface area contributed by atoms with Gasteiger partial charge in [0.15, 0.2) is 0 Å². The van der Waals surface area contributed by atoms with E-state index in [4.69, 9.17) is 21.1 Å². The fourth-order valence-electron chi connectivity index (χ4n) is 2.74. The minimum absolute atomic E-state index is 0.559. The van der Waals surface area contributed by atoms with Gasteiger partial charge >= 0.3 is 0 Å². The predicted octanol–water partition coefficient (Wildman–Crippen LogP) is 3.78. The van der Waals surface area contributed by atoms with E-state index in [1.165, 1.54) is 5.56 Å². The molecule has 110 valence electrons. The van der Waals surface area contributed by atoms with Crippen LogP contribution in [0.5, 0.6) is 0 Å². The van der Waals surface area contributed by atoms with Crippen molar-refractivity contribution in [1.82, 2.24) is 14.7 Å². The van der Waals surface area contributed by atoms with Crippen molar-refractivity contribution in [2.75, 3.05) is 5.88 Å². The standard InChI is InChI=1S/C16H18ClN3O/c1-10-5-4-6-14-16(10)20(15(18-14)7-8-17)9-13-11(2)19-21-12(13)3/h4-6H,7-9H2,1-3H3. The van der Waals surface area contributed by atoms with Gasteiger partial charge in [0.2, 0.25) is 0 Å². The third kappa shape index (κ3) is 2.44. The van der Waals surface area contributed by atoms with Crippen molar-refractivity contribution < 1.29 is 4.52 Å². The lowest BCUT2D eigenvalue weighted by atomic mass is 10.1. The van der Waals surface area contributed by atoms with Crippen molar-refractivity contribution in [3.63, 3.8) is 0 Å². The fourth-order valence-corrected chi connectivity index (χ4v) is 2.91. The molecule has 3 aromatic rings.